The first-order valence-corrected chi connectivity index (χ1v) is 8.47. The average Bonchev–Trinajstić information content (AvgIpc) is 3.26. The van der Waals surface area contributed by atoms with Crippen LogP contribution in [-0.4, -0.2) is 33.3 Å². The highest BCUT2D eigenvalue weighted by atomic mass is 35.5. The Morgan fingerprint density at radius 2 is 2.25 bits per heavy atom. The quantitative estimate of drug-likeness (QED) is 0.778. The van der Waals surface area contributed by atoms with Crippen molar-refractivity contribution >= 4 is 17.6 Å². The maximum atomic E-state index is 14.0. The minimum absolute atomic E-state index is 0.169. The smallest absolute Gasteiger partial charge is 0.317 e. The summed E-state index contributed by atoms with van der Waals surface area (Å²) in [6.07, 6.45) is 6.30. The third kappa shape index (κ3) is 4.26. The van der Waals surface area contributed by atoms with Gasteiger partial charge in [-0.3, -0.25) is 4.68 Å². The average molecular weight is 351 g/mol. The zero-order valence-corrected chi connectivity index (χ0v) is 14.0. The lowest BCUT2D eigenvalue weighted by molar-refractivity contribution is 0.191. The van der Waals surface area contributed by atoms with Crippen molar-refractivity contribution in [1.29, 1.82) is 0 Å². The summed E-state index contributed by atoms with van der Waals surface area (Å²) < 4.78 is 15.8. The molecule has 1 aliphatic rings. The Balaban J connectivity index is 1.54. The van der Waals surface area contributed by atoms with Crippen LogP contribution in [0, 0.1) is 5.82 Å². The molecule has 1 heterocycles. The standard InChI is InChI=1S/C17H20ClFN4O/c18-15-4-1-5-16(19)14(15)12-23(13-6-7-13)17(24)20-8-2-10-22-11-3-9-21-22/h1,3-5,9,11,13H,2,6-8,10,12H2,(H,20,24). The topological polar surface area (TPSA) is 50.2 Å². The molecule has 0 unspecified atom stereocenters. The van der Waals surface area contributed by atoms with Gasteiger partial charge in [-0.2, -0.15) is 5.10 Å². The molecule has 7 heteroatoms. The van der Waals surface area contributed by atoms with Crippen molar-refractivity contribution in [3.8, 4) is 0 Å². The van der Waals surface area contributed by atoms with Crippen LogP contribution < -0.4 is 5.32 Å². The summed E-state index contributed by atoms with van der Waals surface area (Å²) >= 11 is 6.08. The largest absolute Gasteiger partial charge is 0.338 e. The molecule has 1 fully saturated rings. The van der Waals surface area contributed by atoms with E-state index in [4.69, 9.17) is 11.6 Å². The van der Waals surface area contributed by atoms with Crippen LogP contribution >= 0.6 is 11.6 Å². The molecule has 0 radical (unpaired) electrons. The minimum atomic E-state index is -0.375. The summed E-state index contributed by atoms with van der Waals surface area (Å²) in [5.41, 5.74) is 0.373. The van der Waals surface area contributed by atoms with E-state index in [1.165, 1.54) is 6.07 Å². The molecule has 2 amide bonds. The van der Waals surface area contributed by atoms with Gasteiger partial charge in [-0.15, -0.1) is 0 Å². The van der Waals surface area contributed by atoms with E-state index in [-0.39, 0.29) is 24.4 Å². The highest BCUT2D eigenvalue weighted by Gasteiger charge is 2.33. The fraction of sp³-hybridized carbons (Fsp3) is 0.412. The predicted molar refractivity (Wildman–Crippen MR) is 90.2 cm³/mol. The van der Waals surface area contributed by atoms with Crippen molar-refractivity contribution in [2.75, 3.05) is 6.54 Å². The first-order chi connectivity index (χ1) is 11.6. The molecule has 0 bridgehead atoms. The van der Waals surface area contributed by atoms with Gasteiger partial charge in [0.2, 0.25) is 0 Å². The maximum Gasteiger partial charge on any atom is 0.317 e. The van der Waals surface area contributed by atoms with Gasteiger partial charge in [0.25, 0.3) is 0 Å². The molecule has 0 aliphatic heterocycles. The van der Waals surface area contributed by atoms with Crippen LogP contribution in [-0.2, 0) is 13.1 Å². The summed E-state index contributed by atoms with van der Waals surface area (Å²) in [7, 11) is 0. The summed E-state index contributed by atoms with van der Waals surface area (Å²) in [4.78, 5) is 14.1. The van der Waals surface area contributed by atoms with E-state index in [1.807, 2.05) is 16.9 Å². The van der Waals surface area contributed by atoms with E-state index in [0.717, 1.165) is 25.8 Å². The van der Waals surface area contributed by atoms with E-state index < -0.39 is 0 Å². The van der Waals surface area contributed by atoms with E-state index >= 15 is 0 Å². The van der Waals surface area contributed by atoms with E-state index in [9.17, 15) is 9.18 Å². The lowest BCUT2D eigenvalue weighted by atomic mass is 10.2. The Bertz CT molecular complexity index is 668. The van der Waals surface area contributed by atoms with Gasteiger partial charge in [0, 0.05) is 42.1 Å². The van der Waals surface area contributed by atoms with E-state index in [2.05, 4.69) is 10.4 Å². The second kappa shape index (κ2) is 7.66. The highest BCUT2D eigenvalue weighted by molar-refractivity contribution is 6.31. The number of halogens is 2. The van der Waals surface area contributed by atoms with Gasteiger partial charge in [-0.1, -0.05) is 17.7 Å². The first kappa shape index (κ1) is 16.8. The molecule has 1 aromatic carbocycles. The maximum absolute atomic E-state index is 14.0. The Morgan fingerprint density at radius 1 is 1.42 bits per heavy atom. The molecule has 0 saturated heterocycles. The second-order valence-electron chi connectivity index (χ2n) is 5.91. The fourth-order valence-electron chi connectivity index (χ4n) is 2.58. The normalized spacial score (nSPS) is 13.8. The van der Waals surface area contributed by atoms with Gasteiger partial charge in [0.1, 0.15) is 5.82 Å². The van der Waals surface area contributed by atoms with Crippen LogP contribution in [0.3, 0.4) is 0 Å². The van der Waals surface area contributed by atoms with Crippen LogP contribution in [0.5, 0.6) is 0 Å². The molecule has 0 atom stereocenters. The first-order valence-electron chi connectivity index (χ1n) is 8.10. The third-order valence-corrected chi connectivity index (χ3v) is 4.39. The van der Waals surface area contributed by atoms with Gasteiger partial charge in [0.15, 0.2) is 0 Å². The number of aryl methyl sites for hydroxylation is 1. The second-order valence-corrected chi connectivity index (χ2v) is 6.32. The van der Waals surface area contributed by atoms with Crippen LogP contribution in [0.1, 0.15) is 24.8 Å². The summed E-state index contributed by atoms with van der Waals surface area (Å²) in [5.74, 6) is -0.375. The Labute approximate surface area is 145 Å². The monoisotopic (exact) mass is 350 g/mol. The molecule has 128 valence electrons. The SMILES string of the molecule is O=C(NCCCn1cccn1)N(Cc1c(F)cccc1Cl)C1CC1. The number of nitrogens with zero attached hydrogens (tertiary/aromatic N) is 3. The number of nitrogens with one attached hydrogen (secondary N) is 1. The van der Waals surface area contributed by atoms with Gasteiger partial charge in [-0.25, -0.2) is 9.18 Å². The lowest BCUT2D eigenvalue weighted by Crippen LogP contribution is -2.41. The molecule has 0 spiro atoms. The highest BCUT2D eigenvalue weighted by Crippen LogP contribution is 2.30. The Morgan fingerprint density at radius 3 is 2.92 bits per heavy atom. The zero-order valence-electron chi connectivity index (χ0n) is 13.3. The molecular formula is C17H20ClFN4O. The van der Waals surface area contributed by atoms with Crippen molar-refractivity contribution in [2.45, 2.75) is 38.4 Å². The summed E-state index contributed by atoms with van der Waals surface area (Å²) in [6.45, 7) is 1.49. The van der Waals surface area contributed by atoms with Crippen LogP contribution in [0.25, 0.3) is 0 Å². The van der Waals surface area contributed by atoms with Crippen LogP contribution in [0.4, 0.5) is 9.18 Å². The summed E-state index contributed by atoms with van der Waals surface area (Å²) in [6, 6.07) is 6.45. The molecule has 2 aromatic rings. The van der Waals surface area contributed by atoms with Gasteiger partial charge in [-0.05, 0) is 37.5 Å². The van der Waals surface area contributed by atoms with Crippen LogP contribution in [0.2, 0.25) is 5.02 Å². The van der Waals surface area contributed by atoms with Crippen molar-refractivity contribution in [1.82, 2.24) is 20.0 Å². The predicted octanol–water partition coefficient (Wildman–Crippen LogP) is 3.44. The molecule has 1 aromatic heterocycles. The van der Waals surface area contributed by atoms with E-state index in [1.54, 1.807) is 23.2 Å². The number of benzene rings is 1. The molecule has 1 N–H and O–H groups in total. The van der Waals surface area contributed by atoms with Gasteiger partial charge < -0.3 is 10.2 Å². The molecule has 24 heavy (non-hydrogen) atoms. The minimum Gasteiger partial charge on any atom is -0.338 e. The number of amides is 2. The Kier molecular flexibility index (Phi) is 5.35. The van der Waals surface area contributed by atoms with Crippen molar-refractivity contribution in [2.24, 2.45) is 0 Å². The third-order valence-electron chi connectivity index (χ3n) is 4.04. The zero-order chi connectivity index (χ0) is 16.9. The van der Waals surface area contributed by atoms with Crippen molar-refractivity contribution in [3.05, 3.63) is 53.1 Å². The Hall–Kier alpha value is -2.08. The number of urea groups is 1. The van der Waals surface area contributed by atoms with Crippen molar-refractivity contribution in [3.63, 3.8) is 0 Å². The molecule has 1 saturated carbocycles. The van der Waals surface area contributed by atoms with Gasteiger partial charge >= 0.3 is 6.03 Å². The van der Waals surface area contributed by atoms with Crippen LogP contribution in [0.15, 0.2) is 36.7 Å². The number of hydrogen-bond acceptors (Lipinski definition) is 2. The molecular weight excluding hydrogens is 331 g/mol. The van der Waals surface area contributed by atoms with E-state index in [0.29, 0.717) is 17.1 Å². The van der Waals surface area contributed by atoms with Crippen molar-refractivity contribution < 1.29 is 9.18 Å². The fourth-order valence-corrected chi connectivity index (χ4v) is 2.80. The number of aromatic nitrogens is 2. The number of carbonyl (C=O) groups excluding carboxylic acids is 1. The molecule has 5 nitrogen and oxygen atoms in total. The number of rotatable bonds is 7. The van der Waals surface area contributed by atoms with Gasteiger partial charge in [0.05, 0.1) is 6.54 Å². The molecule has 1 aliphatic carbocycles. The number of hydrogen-bond donors (Lipinski definition) is 1. The lowest BCUT2D eigenvalue weighted by Gasteiger charge is -2.23. The number of carbonyl (C=O) groups is 1. The summed E-state index contributed by atoms with van der Waals surface area (Å²) in [5, 5.41) is 7.38. The molecule has 3 rings (SSSR count).